The summed E-state index contributed by atoms with van der Waals surface area (Å²) in [7, 11) is 0. The summed E-state index contributed by atoms with van der Waals surface area (Å²) in [6.45, 7) is 0. The summed E-state index contributed by atoms with van der Waals surface area (Å²) in [6.07, 6.45) is 1.40. The quantitative estimate of drug-likeness (QED) is 0.725. The van der Waals surface area contributed by atoms with Crippen molar-refractivity contribution in [1.82, 2.24) is 14.6 Å². The molecule has 0 saturated carbocycles. The van der Waals surface area contributed by atoms with Gasteiger partial charge in [-0.25, -0.2) is 14.3 Å². The smallest absolute Gasteiger partial charge is 0.337 e. The number of carboxylic acid groups (broad SMARTS) is 1. The van der Waals surface area contributed by atoms with Gasteiger partial charge in [-0.3, -0.25) is 0 Å². The molecule has 0 fully saturated rings. The van der Waals surface area contributed by atoms with Gasteiger partial charge >= 0.3 is 5.97 Å². The molecular formula is C13H10N4O2. The molecule has 0 aliphatic carbocycles. The molecule has 0 amide bonds. The largest absolute Gasteiger partial charge is 0.478 e. The molecule has 3 rings (SSSR count). The summed E-state index contributed by atoms with van der Waals surface area (Å²) in [4.78, 5) is 15.3. The Morgan fingerprint density at radius 2 is 2.00 bits per heavy atom. The number of pyridine rings is 1. The van der Waals surface area contributed by atoms with Crippen molar-refractivity contribution in [3.05, 3.63) is 48.2 Å². The number of rotatable bonds is 2. The minimum Gasteiger partial charge on any atom is -0.478 e. The topological polar surface area (TPSA) is 93.5 Å². The number of carbonyl (C=O) groups is 1. The Balaban J connectivity index is 2.21. The lowest BCUT2D eigenvalue weighted by Gasteiger charge is -1.98. The molecule has 2 aromatic heterocycles. The van der Waals surface area contributed by atoms with Gasteiger partial charge < -0.3 is 10.8 Å². The number of nitrogens with two attached hydrogens (primary N) is 1. The molecular weight excluding hydrogens is 244 g/mol. The fourth-order valence-corrected chi connectivity index (χ4v) is 1.84. The van der Waals surface area contributed by atoms with Gasteiger partial charge in [-0.05, 0) is 6.07 Å². The van der Waals surface area contributed by atoms with Crippen LogP contribution in [0.15, 0.2) is 42.6 Å². The minimum atomic E-state index is -1.05. The van der Waals surface area contributed by atoms with Gasteiger partial charge in [0.1, 0.15) is 0 Å². The zero-order valence-electron chi connectivity index (χ0n) is 9.82. The van der Waals surface area contributed by atoms with Crippen LogP contribution in [0.1, 0.15) is 10.4 Å². The summed E-state index contributed by atoms with van der Waals surface area (Å²) in [5.41, 5.74) is 7.46. The average Bonchev–Trinajstić information content (AvgIpc) is 2.84. The Bertz CT molecular complexity index is 765. The van der Waals surface area contributed by atoms with Gasteiger partial charge in [0.15, 0.2) is 11.5 Å². The number of carboxylic acids is 1. The van der Waals surface area contributed by atoms with Crippen molar-refractivity contribution >= 4 is 17.3 Å². The standard InChI is InChI=1S/C13H10N4O2/c14-10-6-9(13(18)19)7-17-12(10)15-11(16-17)8-4-2-1-3-5-8/h1-7H,14H2,(H,18,19). The highest BCUT2D eigenvalue weighted by Crippen LogP contribution is 2.19. The summed E-state index contributed by atoms with van der Waals surface area (Å²) < 4.78 is 1.39. The van der Waals surface area contributed by atoms with Crippen LogP contribution in [0.2, 0.25) is 0 Å². The van der Waals surface area contributed by atoms with E-state index in [4.69, 9.17) is 10.8 Å². The minimum absolute atomic E-state index is 0.0783. The van der Waals surface area contributed by atoms with Gasteiger partial charge in [0.2, 0.25) is 0 Å². The third-order valence-electron chi connectivity index (χ3n) is 2.74. The first-order valence-corrected chi connectivity index (χ1v) is 5.60. The van der Waals surface area contributed by atoms with E-state index < -0.39 is 5.97 Å². The van der Waals surface area contributed by atoms with Crippen molar-refractivity contribution in [2.45, 2.75) is 0 Å². The molecule has 0 atom stereocenters. The molecule has 1 aromatic carbocycles. The second-order valence-electron chi connectivity index (χ2n) is 4.06. The van der Waals surface area contributed by atoms with Crippen LogP contribution >= 0.6 is 0 Å². The van der Waals surface area contributed by atoms with Crippen molar-refractivity contribution in [1.29, 1.82) is 0 Å². The molecule has 94 valence electrons. The number of aromatic carboxylic acids is 1. The molecule has 19 heavy (non-hydrogen) atoms. The van der Waals surface area contributed by atoms with E-state index in [9.17, 15) is 4.79 Å². The number of hydrogen-bond acceptors (Lipinski definition) is 4. The zero-order valence-corrected chi connectivity index (χ0v) is 9.82. The molecule has 3 N–H and O–H groups in total. The lowest BCUT2D eigenvalue weighted by Crippen LogP contribution is -2.02. The van der Waals surface area contributed by atoms with Gasteiger partial charge in [-0.1, -0.05) is 30.3 Å². The van der Waals surface area contributed by atoms with Crippen molar-refractivity contribution in [2.75, 3.05) is 5.73 Å². The predicted molar refractivity (Wildman–Crippen MR) is 69.8 cm³/mol. The van der Waals surface area contributed by atoms with Crippen LogP contribution in [0, 0.1) is 0 Å². The van der Waals surface area contributed by atoms with Crippen LogP contribution in [-0.4, -0.2) is 25.7 Å². The maximum atomic E-state index is 11.0. The Hall–Kier alpha value is -2.89. The monoisotopic (exact) mass is 254 g/mol. The number of nitrogens with zero attached hydrogens (tertiary/aromatic N) is 3. The molecule has 0 unspecified atom stereocenters. The number of fused-ring (bicyclic) bond motifs is 1. The summed E-state index contributed by atoms with van der Waals surface area (Å²) in [5, 5.41) is 13.2. The summed E-state index contributed by atoms with van der Waals surface area (Å²) >= 11 is 0. The first kappa shape index (κ1) is 11.2. The normalized spacial score (nSPS) is 10.7. The van der Waals surface area contributed by atoms with E-state index in [0.717, 1.165) is 5.56 Å². The summed E-state index contributed by atoms with van der Waals surface area (Å²) in [6, 6.07) is 10.8. The molecule has 0 saturated heterocycles. The molecule has 3 aromatic rings. The van der Waals surface area contributed by atoms with Crippen LogP contribution in [0.5, 0.6) is 0 Å². The Labute approximate surface area is 108 Å². The van der Waals surface area contributed by atoms with Crippen LogP contribution in [0.3, 0.4) is 0 Å². The SMILES string of the molecule is Nc1cc(C(=O)O)cn2nc(-c3ccccc3)nc12. The Kier molecular flexibility index (Phi) is 2.42. The van der Waals surface area contributed by atoms with E-state index in [1.54, 1.807) is 0 Å². The van der Waals surface area contributed by atoms with Crippen molar-refractivity contribution < 1.29 is 9.90 Å². The zero-order chi connectivity index (χ0) is 13.4. The lowest BCUT2D eigenvalue weighted by molar-refractivity contribution is 0.0696. The molecule has 0 radical (unpaired) electrons. The van der Waals surface area contributed by atoms with Gasteiger partial charge in [0.25, 0.3) is 0 Å². The summed E-state index contributed by atoms with van der Waals surface area (Å²) in [5.74, 6) is -0.541. The highest BCUT2D eigenvalue weighted by molar-refractivity contribution is 5.89. The van der Waals surface area contributed by atoms with Gasteiger partial charge in [0.05, 0.1) is 11.3 Å². The molecule has 6 heteroatoms. The second-order valence-corrected chi connectivity index (χ2v) is 4.06. The maximum absolute atomic E-state index is 11.0. The number of benzene rings is 1. The van der Waals surface area contributed by atoms with E-state index >= 15 is 0 Å². The van der Waals surface area contributed by atoms with Crippen LogP contribution < -0.4 is 5.73 Å². The third-order valence-corrected chi connectivity index (χ3v) is 2.74. The number of nitrogen functional groups attached to an aromatic ring is 1. The maximum Gasteiger partial charge on any atom is 0.337 e. The van der Waals surface area contributed by atoms with Gasteiger partial charge in [-0.2, -0.15) is 0 Å². The first-order chi connectivity index (χ1) is 9.15. The van der Waals surface area contributed by atoms with E-state index in [1.165, 1.54) is 16.8 Å². The fraction of sp³-hybridized carbons (Fsp3) is 0. The Morgan fingerprint density at radius 3 is 2.68 bits per heavy atom. The number of hydrogen-bond donors (Lipinski definition) is 2. The highest BCUT2D eigenvalue weighted by atomic mass is 16.4. The van der Waals surface area contributed by atoms with Crippen molar-refractivity contribution in [3.63, 3.8) is 0 Å². The molecule has 0 aliphatic heterocycles. The van der Waals surface area contributed by atoms with E-state index in [2.05, 4.69) is 10.1 Å². The van der Waals surface area contributed by atoms with E-state index in [1.807, 2.05) is 30.3 Å². The second kappa shape index (κ2) is 4.09. The molecule has 0 aliphatic rings. The molecule has 0 spiro atoms. The van der Waals surface area contributed by atoms with Crippen LogP contribution in [-0.2, 0) is 0 Å². The lowest BCUT2D eigenvalue weighted by atomic mass is 10.2. The van der Waals surface area contributed by atoms with Gasteiger partial charge in [0, 0.05) is 11.8 Å². The predicted octanol–water partition coefficient (Wildman–Crippen LogP) is 1.68. The number of anilines is 1. The average molecular weight is 254 g/mol. The fourth-order valence-electron chi connectivity index (χ4n) is 1.84. The van der Waals surface area contributed by atoms with Crippen molar-refractivity contribution in [3.8, 4) is 11.4 Å². The Morgan fingerprint density at radius 1 is 1.26 bits per heavy atom. The third kappa shape index (κ3) is 1.89. The van der Waals surface area contributed by atoms with Crippen LogP contribution in [0.4, 0.5) is 5.69 Å². The molecule has 6 nitrogen and oxygen atoms in total. The van der Waals surface area contributed by atoms with Crippen molar-refractivity contribution in [2.24, 2.45) is 0 Å². The molecule has 0 bridgehead atoms. The number of aromatic nitrogens is 3. The highest BCUT2D eigenvalue weighted by Gasteiger charge is 2.12. The first-order valence-electron chi connectivity index (χ1n) is 5.60. The molecule has 2 heterocycles. The van der Waals surface area contributed by atoms with E-state index in [-0.39, 0.29) is 11.3 Å². The van der Waals surface area contributed by atoms with Gasteiger partial charge in [-0.15, -0.1) is 5.10 Å². The van der Waals surface area contributed by atoms with E-state index in [0.29, 0.717) is 11.5 Å². The van der Waals surface area contributed by atoms with Crippen LogP contribution in [0.25, 0.3) is 17.0 Å².